The fourth-order valence-corrected chi connectivity index (χ4v) is 2.36. The second-order valence-corrected chi connectivity index (χ2v) is 7.00. The Kier molecular flexibility index (Phi) is 5.01. The number of aryl methyl sites for hydroxylation is 1. The summed E-state index contributed by atoms with van der Waals surface area (Å²) >= 11 is 3.51. The number of nitrogens with zero attached hydrogens (tertiary/aromatic N) is 1. The summed E-state index contributed by atoms with van der Waals surface area (Å²) in [5.41, 5.74) is 2.42. The molecule has 21 heavy (non-hydrogen) atoms. The van der Waals surface area contributed by atoms with Crippen LogP contribution in [0.2, 0.25) is 0 Å². The SMILES string of the molecule is Cc1ccc(Oc2cc(CNC(C)(C)C)ccn2)c(Br)c1. The van der Waals surface area contributed by atoms with Gasteiger partial charge in [-0.3, -0.25) is 0 Å². The zero-order chi connectivity index (χ0) is 15.5. The molecule has 0 unspecified atom stereocenters. The van der Waals surface area contributed by atoms with Crippen molar-refractivity contribution in [1.82, 2.24) is 10.3 Å². The highest BCUT2D eigenvalue weighted by atomic mass is 79.9. The summed E-state index contributed by atoms with van der Waals surface area (Å²) in [6.45, 7) is 9.28. The van der Waals surface area contributed by atoms with E-state index in [1.165, 1.54) is 5.56 Å². The van der Waals surface area contributed by atoms with E-state index in [0.717, 1.165) is 22.3 Å². The van der Waals surface area contributed by atoms with Crippen molar-refractivity contribution in [3.63, 3.8) is 0 Å². The van der Waals surface area contributed by atoms with E-state index in [2.05, 4.69) is 47.0 Å². The van der Waals surface area contributed by atoms with Gasteiger partial charge in [0.1, 0.15) is 5.75 Å². The lowest BCUT2D eigenvalue weighted by atomic mass is 10.1. The van der Waals surface area contributed by atoms with Gasteiger partial charge in [0.15, 0.2) is 0 Å². The molecule has 0 bridgehead atoms. The fraction of sp³-hybridized carbons (Fsp3) is 0.353. The van der Waals surface area contributed by atoms with Gasteiger partial charge in [0.25, 0.3) is 0 Å². The molecule has 0 saturated carbocycles. The highest BCUT2D eigenvalue weighted by Crippen LogP contribution is 2.29. The Morgan fingerprint density at radius 3 is 2.62 bits per heavy atom. The summed E-state index contributed by atoms with van der Waals surface area (Å²) in [6.07, 6.45) is 1.77. The molecule has 112 valence electrons. The maximum atomic E-state index is 5.85. The fourth-order valence-electron chi connectivity index (χ4n) is 1.78. The van der Waals surface area contributed by atoms with E-state index >= 15 is 0 Å². The first-order valence-corrected chi connectivity index (χ1v) is 7.77. The molecule has 0 amide bonds. The summed E-state index contributed by atoms with van der Waals surface area (Å²) < 4.78 is 6.78. The zero-order valence-corrected chi connectivity index (χ0v) is 14.5. The second-order valence-electron chi connectivity index (χ2n) is 6.14. The summed E-state index contributed by atoms with van der Waals surface area (Å²) in [4.78, 5) is 4.27. The molecule has 0 aliphatic heterocycles. The highest BCUT2D eigenvalue weighted by molar-refractivity contribution is 9.10. The minimum absolute atomic E-state index is 0.0876. The lowest BCUT2D eigenvalue weighted by Crippen LogP contribution is -2.35. The number of nitrogens with one attached hydrogen (secondary N) is 1. The number of hydrogen-bond acceptors (Lipinski definition) is 3. The molecule has 0 spiro atoms. The normalized spacial score (nSPS) is 11.5. The molecule has 1 aromatic carbocycles. The smallest absolute Gasteiger partial charge is 0.219 e. The van der Waals surface area contributed by atoms with Crippen LogP contribution in [-0.2, 0) is 6.54 Å². The molecule has 4 heteroatoms. The molecule has 0 fully saturated rings. The molecule has 2 aromatic rings. The van der Waals surface area contributed by atoms with Crippen molar-refractivity contribution < 1.29 is 4.74 Å². The van der Waals surface area contributed by atoms with Crippen molar-refractivity contribution in [1.29, 1.82) is 0 Å². The van der Waals surface area contributed by atoms with Gasteiger partial charge in [-0.05, 0) is 73.0 Å². The molecule has 0 aliphatic carbocycles. The zero-order valence-electron chi connectivity index (χ0n) is 12.9. The highest BCUT2D eigenvalue weighted by Gasteiger charge is 2.09. The lowest BCUT2D eigenvalue weighted by Gasteiger charge is -2.20. The van der Waals surface area contributed by atoms with Crippen LogP contribution in [0.4, 0.5) is 0 Å². The van der Waals surface area contributed by atoms with Gasteiger partial charge < -0.3 is 10.1 Å². The maximum absolute atomic E-state index is 5.85. The van der Waals surface area contributed by atoms with Crippen LogP contribution in [0.5, 0.6) is 11.6 Å². The minimum Gasteiger partial charge on any atom is -0.438 e. The van der Waals surface area contributed by atoms with Crippen LogP contribution in [0.15, 0.2) is 41.0 Å². The Labute approximate surface area is 134 Å². The molecule has 1 N–H and O–H groups in total. The van der Waals surface area contributed by atoms with E-state index in [1.807, 2.05) is 37.3 Å². The molecule has 1 aromatic heterocycles. The number of ether oxygens (including phenoxy) is 1. The Bertz CT molecular complexity index is 620. The quantitative estimate of drug-likeness (QED) is 0.858. The first kappa shape index (κ1) is 16.0. The summed E-state index contributed by atoms with van der Waals surface area (Å²) in [7, 11) is 0. The number of hydrogen-bond donors (Lipinski definition) is 1. The van der Waals surface area contributed by atoms with E-state index in [0.29, 0.717) is 5.88 Å². The number of rotatable bonds is 4. The third-order valence-electron chi connectivity index (χ3n) is 2.92. The first-order valence-electron chi connectivity index (χ1n) is 6.97. The number of halogens is 1. The molecular formula is C17H21BrN2O. The number of benzene rings is 1. The molecule has 3 nitrogen and oxygen atoms in total. The van der Waals surface area contributed by atoms with Crippen LogP contribution in [-0.4, -0.2) is 10.5 Å². The van der Waals surface area contributed by atoms with E-state index in [4.69, 9.17) is 4.74 Å². The van der Waals surface area contributed by atoms with E-state index in [9.17, 15) is 0 Å². The summed E-state index contributed by atoms with van der Waals surface area (Å²) in [5.74, 6) is 1.38. The predicted molar refractivity (Wildman–Crippen MR) is 89.8 cm³/mol. The van der Waals surface area contributed by atoms with Gasteiger partial charge in [-0.15, -0.1) is 0 Å². The molecule has 1 heterocycles. The van der Waals surface area contributed by atoms with Gasteiger partial charge in [-0.1, -0.05) is 6.07 Å². The topological polar surface area (TPSA) is 34.1 Å². The molecular weight excluding hydrogens is 328 g/mol. The van der Waals surface area contributed by atoms with Gasteiger partial charge >= 0.3 is 0 Å². The van der Waals surface area contributed by atoms with Crippen molar-refractivity contribution in [2.24, 2.45) is 0 Å². The predicted octanol–water partition coefficient (Wildman–Crippen LogP) is 4.83. The third kappa shape index (κ3) is 5.14. The molecule has 2 rings (SSSR count). The van der Waals surface area contributed by atoms with Crippen LogP contribution >= 0.6 is 15.9 Å². The van der Waals surface area contributed by atoms with E-state index in [-0.39, 0.29) is 5.54 Å². The van der Waals surface area contributed by atoms with Crippen molar-refractivity contribution in [2.75, 3.05) is 0 Å². The second kappa shape index (κ2) is 6.58. The number of pyridine rings is 1. The van der Waals surface area contributed by atoms with Crippen LogP contribution in [0.25, 0.3) is 0 Å². The van der Waals surface area contributed by atoms with Crippen LogP contribution in [0.1, 0.15) is 31.9 Å². The third-order valence-corrected chi connectivity index (χ3v) is 3.54. The van der Waals surface area contributed by atoms with Gasteiger partial charge in [-0.2, -0.15) is 0 Å². The number of aromatic nitrogens is 1. The Balaban J connectivity index is 2.10. The maximum Gasteiger partial charge on any atom is 0.219 e. The lowest BCUT2D eigenvalue weighted by molar-refractivity contribution is 0.421. The summed E-state index contributed by atoms with van der Waals surface area (Å²) in [6, 6.07) is 9.95. The van der Waals surface area contributed by atoms with E-state index < -0.39 is 0 Å². The van der Waals surface area contributed by atoms with Gasteiger partial charge in [0.2, 0.25) is 5.88 Å². The molecule has 0 aliphatic rings. The van der Waals surface area contributed by atoms with Crippen molar-refractivity contribution in [2.45, 2.75) is 39.8 Å². The van der Waals surface area contributed by atoms with Crippen molar-refractivity contribution in [3.8, 4) is 11.6 Å². The van der Waals surface area contributed by atoms with Crippen molar-refractivity contribution in [3.05, 3.63) is 52.1 Å². The Morgan fingerprint density at radius 2 is 1.95 bits per heavy atom. The van der Waals surface area contributed by atoms with Crippen LogP contribution in [0.3, 0.4) is 0 Å². The standard InChI is InChI=1S/C17H21BrN2O/c1-12-5-6-15(14(18)9-12)21-16-10-13(7-8-19-16)11-20-17(2,3)4/h5-10,20H,11H2,1-4H3. The van der Waals surface area contributed by atoms with Crippen LogP contribution in [0, 0.1) is 6.92 Å². The largest absolute Gasteiger partial charge is 0.438 e. The van der Waals surface area contributed by atoms with E-state index in [1.54, 1.807) is 6.20 Å². The monoisotopic (exact) mass is 348 g/mol. The minimum atomic E-state index is 0.0876. The van der Waals surface area contributed by atoms with Gasteiger partial charge in [-0.25, -0.2) is 4.98 Å². The average Bonchev–Trinajstić information content (AvgIpc) is 2.39. The summed E-state index contributed by atoms with van der Waals surface area (Å²) in [5, 5.41) is 3.46. The average molecular weight is 349 g/mol. The first-order chi connectivity index (χ1) is 9.83. The van der Waals surface area contributed by atoms with Crippen molar-refractivity contribution >= 4 is 15.9 Å². The van der Waals surface area contributed by atoms with Gasteiger partial charge in [0.05, 0.1) is 4.47 Å². The molecule has 0 radical (unpaired) electrons. The van der Waals surface area contributed by atoms with Crippen LogP contribution < -0.4 is 10.1 Å². The molecule has 0 atom stereocenters. The van der Waals surface area contributed by atoms with Gasteiger partial charge in [0, 0.05) is 24.3 Å². The Hall–Kier alpha value is -1.39. The molecule has 0 saturated heterocycles. The Morgan fingerprint density at radius 1 is 1.19 bits per heavy atom.